The summed E-state index contributed by atoms with van der Waals surface area (Å²) in [5.74, 6) is 0.426. The highest BCUT2D eigenvalue weighted by Crippen LogP contribution is 2.33. The van der Waals surface area contributed by atoms with E-state index in [0.717, 1.165) is 11.4 Å². The van der Waals surface area contributed by atoms with Gasteiger partial charge in [-0.1, -0.05) is 30.7 Å². The van der Waals surface area contributed by atoms with Crippen molar-refractivity contribution in [2.45, 2.75) is 13.3 Å². The predicted octanol–water partition coefficient (Wildman–Crippen LogP) is 2.87. The van der Waals surface area contributed by atoms with Gasteiger partial charge in [-0.3, -0.25) is 0 Å². The third kappa shape index (κ3) is 1.58. The van der Waals surface area contributed by atoms with Gasteiger partial charge in [0.05, 0.1) is 0 Å². The molecule has 0 bridgehead atoms. The number of halogens is 1. The monoisotopic (exact) mass is 207 g/mol. The molecule has 0 aliphatic heterocycles. The Bertz CT molecular complexity index is 382. The van der Waals surface area contributed by atoms with Crippen molar-refractivity contribution in [1.82, 2.24) is 0 Å². The highest BCUT2D eigenvalue weighted by molar-refractivity contribution is 6.30. The Kier molecular flexibility index (Phi) is 2.62. The zero-order valence-corrected chi connectivity index (χ0v) is 9.01. The summed E-state index contributed by atoms with van der Waals surface area (Å²) in [6.07, 6.45) is 3.28. The molecule has 2 N–H and O–H groups in total. The van der Waals surface area contributed by atoms with Gasteiger partial charge in [0.1, 0.15) is 0 Å². The Morgan fingerprint density at radius 1 is 1.50 bits per heavy atom. The normalized spacial score (nSPS) is 16.4. The Morgan fingerprint density at radius 2 is 2.29 bits per heavy atom. The van der Waals surface area contributed by atoms with Crippen molar-refractivity contribution < 1.29 is 0 Å². The van der Waals surface area contributed by atoms with Crippen molar-refractivity contribution in [2.24, 2.45) is 11.7 Å². The average molecular weight is 208 g/mol. The van der Waals surface area contributed by atoms with Crippen LogP contribution < -0.4 is 5.73 Å². The van der Waals surface area contributed by atoms with Crippen molar-refractivity contribution in [2.75, 3.05) is 6.54 Å². The minimum absolute atomic E-state index is 0.426. The first-order chi connectivity index (χ1) is 6.72. The Hall–Kier alpha value is -0.790. The molecule has 0 amide bonds. The molecule has 0 saturated heterocycles. The Labute approximate surface area is 89.6 Å². The second-order valence-electron chi connectivity index (χ2n) is 3.80. The predicted molar refractivity (Wildman–Crippen MR) is 61.4 cm³/mol. The van der Waals surface area contributed by atoms with E-state index in [4.69, 9.17) is 17.3 Å². The van der Waals surface area contributed by atoms with Gasteiger partial charge in [-0.2, -0.15) is 0 Å². The minimum Gasteiger partial charge on any atom is -0.330 e. The highest BCUT2D eigenvalue weighted by Gasteiger charge is 2.18. The van der Waals surface area contributed by atoms with Crippen molar-refractivity contribution in [3.63, 3.8) is 0 Å². The van der Waals surface area contributed by atoms with E-state index in [1.165, 1.54) is 16.7 Å². The fourth-order valence-electron chi connectivity index (χ4n) is 1.92. The van der Waals surface area contributed by atoms with Gasteiger partial charge in [0.2, 0.25) is 0 Å². The summed E-state index contributed by atoms with van der Waals surface area (Å²) in [7, 11) is 0. The first-order valence-electron chi connectivity index (χ1n) is 4.91. The van der Waals surface area contributed by atoms with Gasteiger partial charge in [-0.05, 0) is 47.7 Å². The first kappa shape index (κ1) is 9.75. The molecule has 1 atom stereocenters. The molecule has 14 heavy (non-hydrogen) atoms. The molecule has 0 aromatic heterocycles. The van der Waals surface area contributed by atoms with E-state index < -0.39 is 0 Å². The van der Waals surface area contributed by atoms with Crippen LogP contribution in [0.2, 0.25) is 5.02 Å². The second-order valence-corrected chi connectivity index (χ2v) is 4.24. The van der Waals surface area contributed by atoms with Crippen molar-refractivity contribution >= 4 is 17.2 Å². The average Bonchev–Trinajstić information content (AvgIpc) is 2.59. The molecule has 1 aliphatic rings. The molecule has 1 aromatic rings. The molecule has 2 rings (SSSR count). The maximum Gasteiger partial charge on any atom is 0.0412 e. The molecular formula is C12H14ClN. The molecule has 0 saturated carbocycles. The Balaban J connectivity index is 2.40. The van der Waals surface area contributed by atoms with Crippen molar-refractivity contribution in [1.29, 1.82) is 0 Å². The molecule has 74 valence electrons. The molecule has 1 aromatic carbocycles. The summed E-state index contributed by atoms with van der Waals surface area (Å²) < 4.78 is 0. The quantitative estimate of drug-likeness (QED) is 0.793. The summed E-state index contributed by atoms with van der Waals surface area (Å²) >= 11 is 5.98. The van der Waals surface area contributed by atoms with E-state index in [1.54, 1.807) is 0 Å². The molecule has 2 heteroatoms. The van der Waals surface area contributed by atoms with Crippen LogP contribution in [0.5, 0.6) is 0 Å². The summed E-state index contributed by atoms with van der Waals surface area (Å²) in [6.45, 7) is 2.85. The fraction of sp³-hybridized carbons (Fsp3) is 0.333. The van der Waals surface area contributed by atoms with E-state index in [2.05, 4.69) is 19.1 Å². The van der Waals surface area contributed by atoms with Crippen LogP contribution in [0, 0.1) is 5.92 Å². The van der Waals surface area contributed by atoms with E-state index in [0.29, 0.717) is 12.5 Å². The number of rotatable bonds is 2. The Morgan fingerprint density at radius 3 is 3.00 bits per heavy atom. The van der Waals surface area contributed by atoms with Crippen LogP contribution in [0.3, 0.4) is 0 Å². The largest absolute Gasteiger partial charge is 0.330 e. The summed E-state index contributed by atoms with van der Waals surface area (Å²) in [6, 6.07) is 6.09. The SMILES string of the molecule is CC(CN)C1=CCc2ccc(Cl)cc21. The smallest absolute Gasteiger partial charge is 0.0412 e. The van der Waals surface area contributed by atoms with Gasteiger partial charge >= 0.3 is 0 Å². The van der Waals surface area contributed by atoms with E-state index in [1.807, 2.05) is 12.1 Å². The fourth-order valence-corrected chi connectivity index (χ4v) is 2.09. The van der Waals surface area contributed by atoms with E-state index >= 15 is 0 Å². The number of allylic oxidation sites excluding steroid dienone is 1. The molecule has 0 radical (unpaired) electrons. The minimum atomic E-state index is 0.426. The van der Waals surface area contributed by atoms with E-state index in [9.17, 15) is 0 Å². The van der Waals surface area contributed by atoms with Crippen LogP contribution in [0.4, 0.5) is 0 Å². The van der Waals surface area contributed by atoms with Gasteiger partial charge in [0.15, 0.2) is 0 Å². The summed E-state index contributed by atoms with van der Waals surface area (Å²) in [4.78, 5) is 0. The number of benzene rings is 1. The van der Waals surface area contributed by atoms with Gasteiger partial charge in [-0.15, -0.1) is 0 Å². The van der Waals surface area contributed by atoms with Gasteiger partial charge < -0.3 is 5.73 Å². The van der Waals surface area contributed by atoms with Crippen LogP contribution in [0.15, 0.2) is 24.3 Å². The second kappa shape index (κ2) is 3.76. The van der Waals surface area contributed by atoms with Crippen LogP contribution in [-0.2, 0) is 6.42 Å². The van der Waals surface area contributed by atoms with E-state index in [-0.39, 0.29) is 0 Å². The molecule has 1 unspecified atom stereocenters. The molecule has 1 nitrogen and oxygen atoms in total. The van der Waals surface area contributed by atoms with Gasteiger partial charge in [0, 0.05) is 5.02 Å². The highest BCUT2D eigenvalue weighted by atomic mass is 35.5. The number of hydrogen-bond donors (Lipinski definition) is 1. The molecule has 0 spiro atoms. The molecular weight excluding hydrogens is 194 g/mol. The zero-order valence-electron chi connectivity index (χ0n) is 8.26. The van der Waals surface area contributed by atoms with Crippen LogP contribution >= 0.6 is 11.6 Å². The topological polar surface area (TPSA) is 26.0 Å². The number of nitrogens with two attached hydrogens (primary N) is 1. The molecule has 0 fully saturated rings. The summed E-state index contributed by atoms with van der Waals surface area (Å²) in [5, 5.41) is 0.806. The summed E-state index contributed by atoms with van der Waals surface area (Å²) in [5.41, 5.74) is 9.68. The van der Waals surface area contributed by atoms with Crippen molar-refractivity contribution in [3.05, 3.63) is 40.4 Å². The van der Waals surface area contributed by atoms with Crippen LogP contribution in [0.1, 0.15) is 18.1 Å². The lowest BCUT2D eigenvalue weighted by molar-refractivity contribution is 0.761. The van der Waals surface area contributed by atoms with Gasteiger partial charge in [-0.25, -0.2) is 0 Å². The van der Waals surface area contributed by atoms with Crippen molar-refractivity contribution in [3.8, 4) is 0 Å². The zero-order chi connectivity index (χ0) is 10.1. The maximum absolute atomic E-state index is 5.98. The third-order valence-electron chi connectivity index (χ3n) is 2.81. The molecule has 1 aliphatic carbocycles. The lowest BCUT2D eigenvalue weighted by Crippen LogP contribution is -2.11. The molecule has 0 heterocycles. The lowest BCUT2D eigenvalue weighted by Gasteiger charge is -2.12. The van der Waals surface area contributed by atoms with Crippen LogP contribution in [-0.4, -0.2) is 6.54 Å². The van der Waals surface area contributed by atoms with Crippen LogP contribution in [0.25, 0.3) is 5.57 Å². The maximum atomic E-state index is 5.98. The third-order valence-corrected chi connectivity index (χ3v) is 3.04. The first-order valence-corrected chi connectivity index (χ1v) is 5.29. The van der Waals surface area contributed by atoms with Gasteiger partial charge in [0.25, 0.3) is 0 Å². The standard InChI is InChI=1S/C12H14ClN/c1-8(7-14)11-5-3-9-2-4-10(13)6-12(9)11/h2,4-6,8H,3,7,14H2,1H3. The number of hydrogen-bond acceptors (Lipinski definition) is 1. The lowest BCUT2D eigenvalue weighted by atomic mass is 9.95. The number of fused-ring (bicyclic) bond motifs is 1.